The van der Waals surface area contributed by atoms with Crippen molar-refractivity contribution >= 4 is 34.5 Å². The first kappa shape index (κ1) is 20.9. The molecular formula is C22H22F3N5O. The molecule has 31 heavy (non-hydrogen) atoms. The molecule has 0 saturated carbocycles. The Balaban J connectivity index is 1.49. The highest BCUT2D eigenvalue weighted by Crippen LogP contribution is 2.31. The van der Waals surface area contributed by atoms with Crippen LogP contribution in [0.5, 0.6) is 0 Å². The summed E-state index contributed by atoms with van der Waals surface area (Å²) in [5.41, 5.74) is 1.33. The molecule has 1 aliphatic rings. The van der Waals surface area contributed by atoms with Crippen LogP contribution in [0.3, 0.4) is 0 Å². The van der Waals surface area contributed by atoms with Crippen molar-refractivity contribution in [3.63, 3.8) is 0 Å². The van der Waals surface area contributed by atoms with Gasteiger partial charge in [0.1, 0.15) is 11.5 Å². The van der Waals surface area contributed by atoms with Crippen molar-refractivity contribution in [1.29, 1.82) is 0 Å². The summed E-state index contributed by atoms with van der Waals surface area (Å²) in [6.07, 6.45) is 0.139. The SMILES string of the molecule is O=C(CCc1ccc(C(F)(F)F)nc1N1CCC=NCC1)Nc1ccc2[nH]ccc2c1. The van der Waals surface area contributed by atoms with E-state index in [9.17, 15) is 18.0 Å². The van der Waals surface area contributed by atoms with Gasteiger partial charge in [-0.15, -0.1) is 0 Å². The summed E-state index contributed by atoms with van der Waals surface area (Å²) in [7, 11) is 0. The average molecular weight is 429 g/mol. The summed E-state index contributed by atoms with van der Waals surface area (Å²) in [6, 6.07) is 9.87. The number of aromatic nitrogens is 2. The highest BCUT2D eigenvalue weighted by molar-refractivity contribution is 5.93. The Labute approximate surface area is 177 Å². The quantitative estimate of drug-likeness (QED) is 0.630. The van der Waals surface area contributed by atoms with E-state index < -0.39 is 11.9 Å². The summed E-state index contributed by atoms with van der Waals surface area (Å²) in [5, 5.41) is 3.83. The second kappa shape index (κ2) is 8.79. The van der Waals surface area contributed by atoms with Gasteiger partial charge in [-0.3, -0.25) is 9.79 Å². The molecule has 2 aromatic heterocycles. The Hall–Kier alpha value is -3.36. The molecule has 4 rings (SSSR count). The molecule has 1 amide bonds. The summed E-state index contributed by atoms with van der Waals surface area (Å²) in [5.74, 6) is 0.0711. The van der Waals surface area contributed by atoms with Crippen molar-refractivity contribution in [3.8, 4) is 0 Å². The van der Waals surface area contributed by atoms with E-state index >= 15 is 0 Å². The second-order valence-electron chi connectivity index (χ2n) is 7.37. The number of halogens is 3. The third-order valence-electron chi connectivity index (χ3n) is 5.16. The number of aromatic amines is 1. The third kappa shape index (κ3) is 5.04. The van der Waals surface area contributed by atoms with E-state index in [0.29, 0.717) is 37.3 Å². The average Bonchev–Trinajstić information content (AvgIpc) is 3.03. The largest absolute Gasteiger partial charge is 0.433 e. The summed E-state index contributed by atoms with van der Waals surface area (Å²) < 4.78 is 39.7. The van der Waals surface area contributed by atoms with E-state index in [1.165, 1.54) is 6.07 Å². The summed E-state index contributed by atoms with van der Waals surface area (Å²) in [4.78, 5) is 25.5. The van der Waals surface area contributed by atoms with Crippen LogP contribution in [0, 0.1) is 0 Å². The van der Waals surface area contributed by atoms with Gasteiger partial charge in [-0.1, -0.05) is 6.07 Å². The van der Waals surface area contributed by atoms with Crippen LogP contribution in [0.15, 0.2) is 47.6 Å². The number of nitrogens with one attached hydrogen (secondary N) is 2. The minimum atomic E-state index is -4.52. The smallest absolute Gasteiger partial charge is 0.361 e. The molecule has 0 unspecified atom stereocenters. The van der Waals surface area contributed by atoms with E-state index in [0.717, 1.165) is 17.0 Å². The maximum Gasteiger partial charge on any atom is 0.433 e. The first-order valence-electron chi connectivity index (χ1n) is 10.1. The predicted octanol–water partition coefficient (Wildman–Crippen LogP) is 4.43. The van der Waals surface area contributed by atoms with Crippen molar-refractivity contribution in [2.45, 2.75) is 25.4 Å². The molecule has 3 aromatic rings. The fourth-order valence-corrected chi connectivity index (χ4v) is 3.60. The lowest BCUT2D eigenvalue weighted by atomic mass is 10.1. The number of fused-ring (bicyclic) bond motifs is 1. The number of amides is 1. The van der Waals surface area contributed by atoms with Crippen LogP contribution in [0.2, 0.25) is 0 Å². The normalized spacial score (nSPS) is 14.6. The number of H-pyrrole nitrogens is 1. The van der Waals surface area contributed by atoms with Gasteiger partial charge in [0, 0.05) is 48.5 Å². The van der Waals surface area contributed by atoms with Crippen molar-refractivity contribution < 1.29 is 18.0 Å². The molecule has 0 radical (unpaired) electrons. The summed E-state index contributed by atoms with van der Waals surface area (Å²) >= 11 is 0. The third-order valence-corrected chi connectivity index (χ3v) is 5.16. The van der Waals surface area contributed by atoms with Crippen LogP contribution in [0.4, 0.5) is 24.7 Å². The van der Waals surface area contributed by atoms with Gasteiger partial charge in [0.15, 0.2) is 0 Å². The molecular weight excluding hydrogens is 407 g/mol. The number of alkyl halides is 3. The molecule has 0 spiro atoms. The number of carbonyl (C=O) groups is 1. The minimum absolute atomic E-state index is 0.134. The lowest BCUT2D eigenvalue weighted by Gasteiger charge is -2.24. The number of anilines is 2. The van der Waals surface area contributed by atoms with Gasteiger partial charge in [-0.05, 0) is 48.7 Å². The van der Waals surface area contributed by atoms with Gasteiger partial charge in [0.2, 0.25) is 5.91 Å². The molecule has 162 valence electrons. The van der Waals surface area contributed by atoms with Gasteiger partial charge >= 0.3 is 6.18 Å². The first-order chi connectivity index (χ1) is 14.9. The highest BCUT2D eigenvalue weighted by Gasteiger charge is 2.33. The van der Waals surface area contributed by atoms with Crippen LogP contribution >= 0.6 is 0 Å². The van der Waals surface area contributed by atoms with E-state index in [2.05, 4.69) is 20.3 Å². The number of hydrogen-bond acceptors (Lipinski definition) is 4. The van der Waals surface area contributed by atoms with E-state index in [1.54, 1.807) is 12.3 Å². The number of hydrogen-bond donors (Lipinski definition) is 2. The van der Waals surface area contributed by atoms with E-state index in [1.807, 2.05) is 29.3 Å². The molecule has 6 nitrogen and oxygen atoms in total. The van der Waals surface area contributed by atoms with Crippen LogP contribution in [0.1, 0.15) is 24.1 Å². The number of rotatable bonds is 5. The van der Waals surface area contributed by atoms with Crippen molar-refractivity contribution in [2.75, 3.05) is 29.9 Å². The van der Waals surface area contributed by atoms with Gasteiger partial charge < -0.3 is 15.2 Å². The number of benzene rings is 1. The number of nitrogens with zero attached hydrogens (tertiary/aromatic N) is 3. The zero-order chi connectivity index (χ0) is 21.8. The number of aliphatic imine (C=N–C) groups is 1. The Morgan fingerprint density at radius 3 is 2.87 bits per heavy atom. The topological polar surface area (TPSA) is 73.4 Å². The molecule has 0 bridgehead atoms. The Morgan fingerprint density at radius 1 is 1.16 bits per heavy atom. The first-order valence-corrected chi connectivity index (χ1v) is 10.1. The van der Waals surface area contributed by atoms with Crippen molar-refractivity contribution in [3.05, 3.63) is 53.9 Å². The molecule has 0 atom stereocenters. The standard InChI is InChI=1S/C22H22F3N5O/c23-22(24,25)19-6-2-15(21(29-19)30-12-1-9-26-11-13-30)3-7-20(31)28-17-4-5-18-16(14-17)8-10-27-18/h2,4-6,8-10,14,27H,1,3,7,11-13H2,(H,28,31). The highest BCUT2D eigenvalue weighted by atomic mass is 19.4. The van der Waals surface area contributed by atoms with Crippen LogP contribution in [-0.4, -0.2) is 41.7 Å². The van der Waals surface area contributed by atoms with Crippen LogP contribution in [-0.2, 0) is 17.4 Å². The number of pyridine rings is 1. The lowest BCUT2D eigenvalue weighted by molar-refractivity contribution is -0.141. The molecule has 2 N–H and O–H groups in total. The van der Waals surface area contributed by atoms with Crippen LogP contribution < -0.4 is 10.2 Å². The van der Waals surface area contributed by atoms with Crippen molar-refractivity contribution in [2.24, 2.45) is 4.99 Å². The molecule has 0 saturated heterocycles. The molecule has 9 heteroatoms. The second-order valence-corrected chi connectivity index (χ2v) is 7.37. The predicted molar refractivity (Wildman–Crippen MR) is 115 cm³/mol. The van der Waals surface area contributed by atoms with Gasteiger partial charge in [-0.25, -0.2) is 4.98 Å². The number of carbonyl (C=O) groups excluding carboxylic acids is 1. The van der Waals surface area contributed by atoms with E-state index in [4.69, 9.17) is 0 Å². The maximum atomic E-state index is 13.2. The molecule has 0 fully saturated rings. The van der Waals surface area contributed by atoms with Gasteiger partial charge in [-0.2, -0.15) is 13.2 Å². The lowest BCUT2D eigenvalue weighted by Crippen LogP contribution is -2.29. The van der Waals surface area contributed by atoms with Crippen molar-refractivity contribution in [1.82, 2.24) is 9.97 Å². The molecule has 0 aliphatic carbocycles. The summed E-state index contributed by atoms with van der Waals surface area (Å²) in [6.45, 7) is 1.52. The fourth-order valence-electron chi connectivity index (χ4n) is 3.60. The maximum absolute atomic E-state index is 13.2. The van der Waals surface area contributed by atoms with Crippen LogP contribution in [0.25, 0.3) is 10.9 Å². The molecule has 3 heterocycles. The Bertz CT molecular complexity index is 1100. The number of aryl methyl sites for hydroxylation is 1. The fraction of sp³-hybridized carbons (Fsp3) is 0.318. The van der Waals surface area contributed by atoms with E-state index in [-0.39, 0.29) is 24.6 Å². The Morgan fingerprint density at radius 2 is 2.03 bits per heavy atom. The molecule has 1 aromatic carbocycles. The molecule has 1 aliphatic heterocycles. The van der Waals surface area contributed by atoms with Gasteiger partial charge in [0.05, 0.1) is 6.54 Å². The van der Waals surface area contributed by atoms with Gasteiger partial charge in [0.25, 0.3) is 0 Å². The Kier molecular flexibility index (Phi) is 5.92. The zero-order valence-electron chi connectivity index (χ0n) is 16.7. The minimum Gasteiger partial charge on any atom is -0.361 e. The monoisotopic (exact) mass is 429 g/mol. The zero-order valence-corrected chi connectivity index (χ0v) is 16.7.